The zero-order chi connectivity index (χ0) is 64.2. The summed E-state index contributed by atoms with van der Waals surface area (Å²) in [6, 6.07) is -0.623. The van der Waals surface area contributed by atoms with Crippen molar-refractivity contribution in [3.63, 3.8) is 0 Å². The van der Waals surface area contributed by atoms with E-state index in [0.717, 1.165) is 44.9 Å². The molecule has 0 saturated heterocycles. The van der Waals surface area contributed by atoms with Crippen LogP contribution in [0.1, 0.15) is 470 Å². The van der Waals surface area contributed by atoms with Crippen LogP contribution in [0.3, 0.4) is 0 Å². The number of hydrogen-bond acceptors (Lipinski definition) is 5. The van der Waals surface area contributed by atoms with E-state index in [-0.39, 0.29) is 18.5 Å². The normalized spacial score (nSPS) is 12.5. The lowest BCUT2D eigenvalue weighted by Crippen LogP contribution is -2.45. The summed E-state index contributed by atoms with van der Waals surface area (Å²) in [7, 11) is 0. The minimum Gasteiger partial charge on any atom is -0.466 e. The molecule has 0 rings (SSSR count). The van der Waals surface area contributed by atoms with Gasteiger partial charge < -0.3 is 20.3 Å². The molecule has 1 amide bonds. The van der Waals surface area contributed by atoms with Crippen molar-refractivity contribution in [3.05, 3.63) is 24.3 Å². The first kappa shape index (κ1) is 87.3. The van der Waals surface area contributed by atoms with Crippen LogP contribution < -0.4 is 5.32 Å². The third-order valence-electron chi connectivity index (χ3n) is 19.5. The molecule has 528 valence electrons. The lowest BCUT2D eigenvalue weighted by Gasteiger charge is -2.20. The Balaban J connectivity index is 3.30. The van der Waals surface area contributed by atoms with Crippen LogP contribution in [0.2, 0.25) is 0 Å². The van der Waals surface area contributed by atoms with Crippen LogP contribution in [0.15, 0.2) is 24.3 Å². The third kappa shape index (κ3) is 75.3. The summed E-state index contributed by atoms with van der Waals surface area (Å²) < 4.78 is 5.51. The zero-order valence-electron chi connectivity index (χ0n) is 60.7. The van der Waals surface area contributed by atoms with Crippen LogP contribution in [-0.2, 0) is 14.3 Å². The third-order valence-corrected chi connectivity index (χ3v) is 19.5. The summed E-state index contributed by atoms with van der Waals surface area (Å²) in [5.41, 5.74) is 0. The maximum absolute atomic E-state index is 12.5. The summed E-state index contributed by atoms with van der Waals surface area (Å²) in [5, 5.41) is 23.2. The summed E-state index contributed by atoms with van der Waals surface area (Å²) in [6.45, 7) is 4.95. The molecule has 0 fully saturated rings. The van der Waals surface area contributed by atoms with Crippen molar-refractivity contribution in [2.75, 3.05) is 13.2 Å². The molecule has 0 aliphatic carbocycles. The molecule has 3 N–H and O–H groups in total. The zero-order valence-corrected chi connectivity index (χ0v) is 60.7. The van der Waals surface area contributed by atoms with Crippen LogP contribution in [0, 0.1) is 0 Å². The second-order valence-corrected chi connectivity index (χ2v) is 28.5. The number of ether oxygens (including phenoxy) is 1. The quantitative estimate of drug-likeness (QED) is 0.0320. The first-order valence-corrected chi connectivity index (χ1v) is 41.1. The van der Waals surface area contributed by atoms with E-state index >= 15 is 0 Å². The maximum Gasteiger partial charge on any atom is 0.305 e. The largest absolute Gasteiger partial charge is 0.466 e. The first-order chi connectivity index (χ1) is 44.0. The predicted octanol–water partition coefficient (Wildman–Crippen LogP) is 27.2. The Morgan fingerprint density at radius 2 is 0.528 bits per heavy atom. The Bertz CT molecular complexity index is 1400. The number of rotatable bonds is 78. The molecule has 6 heteroatoms. The number of unbranched alkanes of at least 4 members (excludes halogenated alkanes) is 65. The van der Waals surface area contributed by atoms with Crippen molar-refractivity contribution in [3.8, 4) is 0 Å². The van der Waals surface area contributed by atoms with Crippen LogP contribution in [-0.4, -0.2) is 47.4 Å². The van der Waals surface area contributed by atoms with E-state index < -0.39 is 12.1 Å². The molecule has 89 heavy (non-hydrogen) atoms. The van der Waals surface area contributed by atoms with Gasteiger partial charge in [0.05, 0.1) is 25.4 Å². The minimum atomic E-state index is -0.840. The topological polar surface area (TPSA) is 95.9 Å². The Labute approximate surface area is 558 Å². The van der Waals surface area contributed by atoms with Crippen molar-refractivity contribution >= 4 is 11.9 Å². The molecular formula is C83H161NO5. The molecule has 2 atom stereocenters. The Kier molecular flexibility index (Phi) is 77.3. The molecule has 0 aromatic rings. The van der Waals surface area contributed by atoms with Gasteiger partial charge in [-0.2, -0.15) is 0 Å². The average molecular weight is 1250 g/mol. The monoisotopic (exact) mass is 1250 g/mol. The van der Waals surface area contributed by atoms with Gasteiger partial charge in [0.25, 0.3) is 0 Å². The fourth-order valence-corrected chi connectivity index (χ4v) is 13.2. The SMILES string of the molecule is CCCCCCCCC/C=C\CCCCCCCC(=O)OCCCCCCCCCCCCCCCCCCCCCCCCCCCCCCCCCCCCCCCCCC(=O)NC(CO)C(O)/C=C/CCCCCCCCCCCCCCCCC. The van der Waals surface area contributed by atoms with Crippen molar-refractivity contribution in [2.45, 2.75) is 482 Å². The number of hydrogen-bond donors (Lipinski definition) is 3. The smallest absolute Gasteiger partial charge is 0.305 e. The van der Waals surface area contributed by atoms with Gasteiger partial charge in [0.1, 0.15) is 0 Å². The van der Waals surface area contributed by atoms with Gasteiger partial charge in [-0.15, -0.1) is 0 Å². The minimum absolute atomic E-state index is 0.0174. The van der Waals surface area contributed by atoms with Crippen LogP contribution >= 0.6 is 0 Å². The summed E-state index contributed by atoms with van der Waals surface area (Å²) >= 11 is 0. The highest BCUT2D eigenvalue weighted by Crippen LogP contribution is 2.20. The molecule has 0 bridgehead atoms. The molecule has 0 aliphatic rings. The molecule has 2 unspecified atom stereocenters. The average Bonchev–Trinajstić information content (AvgIpc) is 3.63. The molecule has 0 heterocycles. The summed E-state index contributed by atoms with van der Waals surface area (Å²) in [6.07, 6.45) is 102. The standard InChI is InChI=1S/C83H161NO5/c1-3-5-7-9-11-13-15-17-19-44-47-51-55-59-63-67-71-75-81(86)80(79-85)84-82(87)76-72-68-64-60-56-52-48-45-42-40-38-36-34-32-30-28-26-24-22-21-23-25-27-29-31-33-35-37-39-41-43-46-50-54-58-62-66-70-74-78-89-83(88)77-73-69-65-61-57-53-49-20-18-16-14-12-10-8-6-4-2/h20,49,71,75,80-81,85-86H,3-19,21-48,50-70,72-74,76-79H2,1-2H3,(H,84,87)/b49-20-,75-71+. The highest BCUT2D eigenvalue weighted by atomic mass is 16.5. The summed E-state index contributed by atoms with van der Waals surface area (Å²) in [4.78, 5) is 24.6. The molecule has 0 aliphatic heterocycles. The molecule has 0 spiro atoms. The highest BCUT2D eigenvalue weighted by molar-refractivity contribution is 5.76. The van der Waals surface area contributed by atoms with Crippen LogP contribution in [0.4, 0.5) is 0 Å². The molecule has 6 nitrogen and oxygen atoms in total. The fraction of sp³-hybridized carbons (Fsp3) is 0.928. The van der Waals surface area contributed by atoms with Crippen molar-refractivity contribution in [2.24, 2.45) is 0 Å². The van der Waals surface area contributed by atoms with Crippen molar-refractivity contribution in [1.82, 2.24) is 5.32 Å². The number of esters is 1. The predicted molar refractivity (Wildman–Crippen MR) is 393 cm³/mol. The van der Waals surface area contributed by atoms with Crippen LogP contribution in [0.25, 0.3) is 0 Å². The van der Waals surface area contributed by atoms with E-state index in [1.54, 1.807) is 6.08 Å². The second-order valence-electron chi connectivity index (χ2n) is 28.5. The summed E-state index contributed by atoms with van der Waals surface area (Å²) in [5.74, 6) is -0.0405. The van der Waals surface area contributed by atoms with E-state index in [4.69, 9.17) is 4.74 Å². The Hall–Kier alpha value is -1.66. The van der Waals surface area contributed by atoms with Crippen molar-refractivity contribution in [1.29, 1.82) is 0 Å². The van der Waals surface area contributed by atoms with Gasteiger partial charge in [-0.05, 0) is 57.8 Å². The molecule has 0 aromatic carbocycles. The molecule has 0 saturated carbocycles. The van der Waals surface area contributed by atoms with Gasteiger partial charge in [-0.1, -0.05) is 423 Å². The number of carbonyl (C=O) groups is 2. The fourth-order valence-electron chi connectivity index (χ4n) is 13.2. The van der Waals surface area contributed by atoms with Gasteiger partial charge in [-0.3, -0.25) is 9.59 Å². The number of aliphatic hydroxyl groups is 2. The van der Waals surface area contributed by atoms with Gasteiger partial charge in [0, 0.05) is 12.8 Å². The molecule has 0 radical (unpaired) electrons. The Morgan fingerprint density at radius 1 is 0.303 bits per heavy atom. The number of allylic oxidation sites excluding steroid dienone is 3. The van der Waals surface area contributed by atoms with E-state index in [9.17, 15) is 19.8 Å². The van der Waals surface area contributed by atoms with E-state index in [2.05, 4.69) is 31.3 Å². The first-order valence-electron chi connectivity index (χ1n) is 41.1. The van der Waals surface area contributed by atoms with Crippen LogP contribution in [0.5, 0.6) is 0 Å². The number of nitrogens with one attached hydrogen (secondary N) is 1. The second kappa shape index (κ2) is 78.8. The molecular weight excluding hydrogens is 1090 g/mol. The van der Waals surface area contributed by atoms with E-state index in [1.165, 1.54) is 398 Å². The van der Waals surface area contributed by atoms with E-state index in [1.807, 2.05) is 6.08 Å². The maximum atomic E-state index is 12.5. The number of carbonyl (C=O) groups excluding carboxylic acids is 2. The molecule has 0 aromatic heterocycles. The van der Waals surface area contributed by atoms with Gasteiger partial charge >= 0.3 is 5.97 Å². The van der Waals surface area contributed by atoms with Crippen molar-refractivity contribution < 1.29 is 24.5 Å². The van der Waals surface area contributed by atoms with E-state index in [0.29, 0.717) is 19.4 Å². The number of amides is 1. The Morgan fingerprint density at radius 3 is 0.798 bits per heavy atom. The van der Waals surface area contributed by atoms with Gasteiger partial charge in [-0.25, -0.2) is 0 Å². The lowest BCUT2D eigenvalue weighted by atomic mass is 10.0. The lowest BCUT2D eigenvalue weighted by molar-refractivity contribution is -0.143. The van der Waals surface area contributed by atoms with Gasteiger partial charge in [0.15, 0.2) is 0 Å². The van der Waals surface area contributed by atoms with Gasteiger partial charge in [0.2, 0.25) is 5.91 Å². The highest BCUT2D eigenvalue weighted by Gasteiger charge is 2.18. The number of aliphatic hydroxyl groups excluding tert-OH is 2.